The molecule has 0 spiro atoms. The van der Waals surface area contributed by atoms with Crippen molar-refractivity contribution in [1.82, 2.24) is 15.3 Å². The Bertz CT molecular complexity index is 993. The highest BCUT2D eigenvalue weighted by molar-refractivity contribution is 6.13. The fourth-order valence-electron chi connectivity index (χ4n) is 3.18. The number of fused-ring (bicyclic) bond motifs is 1. The Balaban J connectivity index is 1.55. The summed E-state index contributed by atoms with van der Waals surface area (Å²) in [6.07, 6.45) is 6.74. The van der Waals surface area contributed by atoms with Gasteiger partial charge in [-0.2, -0.15) is 0 Å². The minimum atomic E-state index is -0.319. The predicted molar refractivity (Wildman–Crippen MR) is 104 cm³/mol. The fraction of sp³-hybridized carbons (Fsp3) is 0.238. The number of anilines is 1. The van der Waals surface area contributed by atoms with Crippen molar-refractivity contribution in [3.8, 4) is 0 Å². The molecule has 0 radical (unpaired) electrons. The third-order valence-corrected chi connectivity index (χ3v) is 4.92. The van der Waals surface area contributed by atoms with Crippen LogP contribution in [0.3, 0.4) is 0 Å². The van der Waals surface area contributed by atoms with Crippen LogP contribution in [0.25, 0.3) is 10.9 Å². The van der Waals surface area contributed by atoms with Crippen LogP contribution in [0.1, 0.15) is 40.1 Å². The van der Waals surface area contributed by atoms with Crippen LogP contribution in [0, 0.1) is 5.92 Å². The smallest absolute Gasteiger partial charge is 0.272 e. The molecular weight excluding hydrogens is 340 g/mol. The number of rotatable bonds is 5. The monoisotopic (exact) mass is 360 g/mol. The number of nitrogens with zero attached hydrogens (tertiary/aromatic N) is 2. The van der Waals surface area contributed by atoms with Crippen molar-refractivity contribution in [2.75, 3.05) is 11.9 Å². The molecule has 6 heteroatoms. The van der Waals surface area contributed by atoms with Gasteiger partial charge in [-0.15, -0.1) is 0 Å². The first-order valence-electron chi connectivity index (χ1n) is 9.10. The second-order valence-electron chi connectivity index (χ2n) is 6.74. The number of carbonyl (C=O) groups is 2. The molecule has 2 heterocycles. The van der Waals surface area contributed by atoms with Gasteiger partial charge in [-0.25, -0.2) is 4.98 Å². The number of carbonyl (C=O) groups excluding carboxylic acids is 2. The van der Waals surface area contributed by atoms with E-state index in [0.29, 0.717) is 29.2 Å². The van der Waals surface area contributed by atoms with Crippen LogP contribution in [0.2, 0.25) is 0 Å². The average Bonchev–Trinajstić information content (AvgIpc) is 2.66. The molecule has 1 saturated carbocycles. The van der Waals surface area contributed by atoms with Crippen LogP contribution >= 0.6 is 0 Å². The van der Waals surface area contributed by atoms with E-state index in [2.05, 4.69) is 20.6 Å². The van der Waals surface area contributed by atoms with E-state index in [4.69, 9.17) is 0 Å². The number of para-hydroxylation sites is 1. The lowest BCUT2D eigenvalue weighted by Gasteiger charge is -2.25. The van der Waals surface area contributed by atoms with E-state index < -0.39 is 0 Å². The highest BCUT2D eigenvalue weighted by Crippen LogP contribution is 2.25. The summed E-state index contributed by atoms with van der Waals surface area (Å²) in [5, 5.41) is 6.62. The van der Waals surface area contributed by atoms with Crippen molar-refractivity contribution in [2.24, 2.45) is 5.92 Å². The maximum atomic E-state index is 12.8. The summed E-state index contributed by atoms with van der Waals surface area (Å²) in [7, 11) is 0. The van der Waals surface area contributed by atoms with E-state index in [-0.39, 0.29) is 17.5 Å². The van der Waals surface area contributed by atoms with Crippen LogP contribution in [0.15, 0.2) is 54.9 Å². The Morgan fingerprint density at radius 3 is 2.56 bits per heavy atom. The fourth-order valence-corrected chi connectivity index (χ4v) is 3.18. The zero-order valence-corrected chi connectivity index (χ0v) is 14.8. The molecule has 3 aromatic rings. The summed E-state index contributed by atoms with van der Waals surface area (Å²) in [6, 6.07) is 12.5. The molecule has 1 aliphatic carbocycles. The summed E-state index contributed by atoms with van der Waals surface area (Å²) < 4.78 is 0. The van der Waals surface area contributed by atoms with Crippen molar-refractivity contribution >= 4 is 28.4 Å². The van der Waals surface area contributed by atoms with E-state index >= 15 is 0 Å². The lowest BCUT2D eigenvalue weighted by molar-refractivity contribution is 0.0935. The molecule has 1 aliphatic rings. The van der Waals surface area contributed by atoms with Gasteiger partial charge in [-0.1, -0.05) is 24.6 Å². The van der Waals surface area contributed by atoms with Crippen molar-refractivity contribution < 1.29 is 9.59 Å². The molecule has 0 atom stereocenters. The van der Waals surface area contributed by atoms with Crippen molar-refractivity contribution in [3.05, 3.63) is 66.1 Å². The summed E-state index contributed by atoms with van der Waals surface area (Å²) in [6.45, 7) is 0.649. The van der Waals surface area contributed by atoms with E-state index in [1.165, 1.54) is 6.42 Å². The molecule has 6 nitrogen and oxygen atoms in total. The minimum absolute atomic E-state index is 0.221. The van der Waals surface area contributed by atoms with Gasteiger partial charge in [0.2, 0.25) is 0 Å². The Hall–Kier alpha value is -3.28. The Morgan fingerprint density at radius 1 is 0.963 bits per heavy atom. The quantitative estimate of drug-likeness (QED) is 0.730. The van der Waals surface area contributed by atoms with Gasteiger partial charge < -0.3 is 10.6 Å². The molecule has 0 saturated heterocycles. The predicted octanol–water partition coefficient (Wildman–Crippen LogP) is 3.41. The first-order valence-corrected chi connectivity index (χ1v) is 9.10. The standard InChI is InChI=1S/C21H20N4O2/c26-20(16-9-2-7-15-8-3-11-22-18(15)16)25-17-10-4-12-23-19(17)21(27)24-13-14-5-1-6-14/h2-4,7-12,14H,1,5-6,13H2,(H,24,27)(H,25,26). The van der Waals surface area contributed by atoms with Gasteiger partial charge in [0, 0.05) is 24.3 Å². The zero-order valence-electron chi connectivity index (χ0n) is 14.8. The van der Waals surface area contributed by atoms with E-state index in [1.807, 2.05) is 24.3 Å². The maximum Gasteiger partial charge on any atom is 0.272 e. The Kier molecular flexibility index (Phi) is 4.78. The number of amides is 2. The van der Waals surface area contributed by atoms with Crippen LogP contribution in [-0.4, -0.2) is 28.3 Å². The second kappa shape index (κ2) is 7.53. The Morgan fingerprint density at radius 2 is 1.74 bits per heavy atom. The van der Waals surface area contributed by atoms with E-state index in [0.717, 1.165) is 18.2 Å². The highest BCUT2D eigenvalue weighted by Gasteiger charge is 2.21. The van der Waals surface area contributed by atoms with Gasteiger partial charge in [0.1, 0.15) is 0 Å². The molecule has 0 unspecified atom stereocenters. The van der Waals surface area contributed by atoms with Crippen molar-refractivity contribution in [3.63, 3.8) is 0 Å². The van der Waals surface area contributed by atoms with Crippen molar-refractivity contribution in [1.29, 1.82) is 0 Å². The number of hydrogen-bond acceptors (Lipinski definition) is 4. The van der Waals surface area contributed by atoms with Gasteiger partial charge in [-0.3, -0.25) is 14.6 Å². The first-order chi connectivity index (χ1) is 13.2. The van der Waals surface area contributed by atoms with E-state index in [1.54, 1.807) is 30.6 Å². The van der Waals surface area contributed by atoms with Crippen LogP contribution < -0.4 is 10.6 Å². The van der Waals surface area contributed by atoms with E-state index in [9.17, 15) is 9.59 Å². The third-order valence-electron chi connectivity index (χ3n) is 4.92. The lowest BCUT2D eigenvalue weighted by Crippen LogP contribution is -2.33. The van der Waals surface area contributed by atoms with Gasteiger partial charge >= 0.3 is 0 Å². The maximum absolute atomic E-state index is 12.8. The topological polar surface area (TPSA) is 84.0 Å². The molecule has 136 valence electrons. The zero-order chi connectivity index (χ0) is 18.6. The normalized spacial score (nSPS) is 13.8. The summed E-state index contributed by atoms with van der Waals surface area (Å²) in [5.74, 6) is -0.0355. The summed E-state index contributed by atoms with van der Waals surface area (Å²) >= 11 is 0. The van der Waals surface area contributed by atoms with Crippen LogP contribution in [0.4, 0.5) is 5.69 Å². The van der Waals surface area contributed by atoms with Gasteiger partial charge in [0.15, 0.2) is 5.69 Å². The summed E-state index contributed by atoms with van der Waals surface area (Å²) in [4.78, 5) is 33.8. The first kappa shape index (κ1) is 17.1. The summed E-state index contributed by atoms with van der Waals surface area (Å²) in [5.41, 5.74) is 1.69. The molecule has 2 N–H and O–H groups in total. The largest absolute Gasteiger partial charge is 0.350 e. The van der Waals surface area contributed by atoms with Gasteiger partial charge in [0.25, 0.3) is 11.8 Å². The van der Waals surface area contributed by atoms with Gasteiger partial charge in [-0.05, 0) is 43.0 Å². The SMILES string of the molecule is O=C(NCC1CCC1)c1ncccc1NC(=O)c1cccc2cccnc12. The molecule has 2 aromatic heterocycles. The van der Waals surface area contributed by atoms with Crippen LogP contribution in [0.5, 0.6) is 0 Å². The molecule has 2 amide bonds. The molecule has 1 aromatic carbocycles. The molecule has 0 bridgehead atoms. The molecule has 4 rings (SSSR count). The molecular formula is C21H20N4O2. The van der Waals surface area contributed by atoms with Crippen LogP contribution in [-0.2, 0) is 0 Å². The number of pyridine rings is 2. The number of hydrogen-bond donors (Lipinski definition) is 2. The number of nitrogens with one attached hydrogen (secondary N) is 2. The second-order valence-corrected chi connectivity index (χ2v) is 6.74. The third kappa shape index (κ3) is 3.65. The Labute approximate surface area is 157 Å². The molecule has 1 fully saturated rings. The molecule has 0 aliphatic heterocycles. The number of benzene rings is 1. The van der Waals surface area contributed by atoms with Crippen molar-refractivity contribution in [2.45, 2.75) is 19.3 Å². The minimum Gasteiger partial charge on any atom is -0.350 e. The lowest BCUT2D eigenvalue weighted by atomic mass is 9.85. The number of aromatic nitrogens is 2. The van der Waals surface area contributed by atoms with Gasteiger partial charge in [0.05, 0.1) is 16.8 Å². The average molecular weight is 360 g/mol. The highest BCUT2D eigenvalue weighted by atomic mass is 16.2. The molecule has 27 heavy (non-hydrogen) atoms.